The molecule has 2 N–H and O–H groups in total. The van der Waals surface area contributed by atoms with E-state index in [1.807, 2.05) is 18.2 Å². The molecule has 0 spiro atoms. The van der Waals surface area contributed by atoms with Gasteiger partial charge in [0.2, 0.25) is 11.8 Å². The molecule has 2 amide bonds. The van der Waals surface area contributed by atoms with Crippen LogP contribution in [0.5, 0.6) is 11.5 Å². The predicted molar refractivity (Wildman–Crippen MR) is 102 cm³/mol. The van der Waals surface area contributed by atoms with Crippen LogP contribution in [0.2, 0.25) is 0 Å². The van der Waals surface area contributed by atoms with E-state index in [0.717, 1.165) is 5.56 Å². The van der Waals surface area contributed by atoms with Crippen molar-refractivity contribution in [3.63, 3.8) is 0 Å². The second-order valence-corrected chi connectivity index (χ2v) is 7.25. The van der Waals surface area contributed by atoms with Gasteiger partial charge in [-0.15, -0.1) is 0 Å². The van der Waals surface area contributed by atoms with E-state index in [1.165, 1.54) is 0 Å². The molecule has 154 valence electrons. The number of carbonyl (C=O) groups is 3. The third kappa shape index (κ3) is 5.15. The first-order valence-electron chi connectivity index (χ1n) is 9.28. The maximum absolute atomic E-state index is 12.4. The molecular formula is C20H28N2O6. The predicted octanol–water partition coefficient (Wildman–Crippen LogP) is 1.32. The Balaban J connectivity index is 1.94. The number of nitrogens with one attached hydrogen (secondary N) is 1. The number of ether oxygens (including phenoxy) is 2. The molecule has 2 atom stereocenters. The fraction of sp³-hybridized carbons (Fsp3) is 0.550. The molecule has 0 bridgehead atoms. The number of aliphatic carboxylic acids is 1. The standard InChI is InChI=1S/C20H28N2O6/c1-12(2)18(20(25)26)21-19(24)14-10-17(23)22(11-14)8-7-13-5-6-15(27-3)16(9-13)28-4/h5-6,9,12,14,18H,7-8,10-11H2,1-4H3,(H,21,24)(H,25,26). The molecule has 1 aromatic rings. The Labute approximate surface area is 164 Å². The lowest BCUT2D eigenvalue weighted by Crippen LogP contribution is -2.47. The Morgan fingerprint density at radius 3 is 2.50 bits per heavy atom. The van der Waals surface area contributed by atoms with Gasteiger partial charge >= 0.3 is 5.97 Å². The number of hydrogen-bond acceptors (Lipinski definition) is 5. The van der Waals surface area contributed by atoms with Gasteiger partial charge in [0.05, 0.1) is 20.1 Å². The average molecular weight is 392 g/mol. The monoisotopic (exact) mass is 392 g/mol. The number of amides is 2. The third-order valence-corrected chi connectivity index (χ3v) is 4.93. The summed E-state index contributed by atoms with van der Waals surface area (Å²) >= 11 is 0. The quantitative estimate of drug-likeness (QED) is 0.657. The number of nitrogens with zero attached hydrogens (tertiary/aromatic N) is 1. The first-order chi connectivity index (χ1) is 13.3. The van der Waals surface area contributed by atoms with Crippen LogP contribution in [0.15, 0.2) is 18.2 Å². The highest BCUT2D eigenvalue weighted by Gasteiger charge is 2.36. The van der Waals surface area contributed by atoms with Gasteiger partial charge in [-0.25, -0.2) is 4.79 Å². The van der Waals surface area contributed by atoms with Crippen LogP contribution in [0.1, 0.15) is 25.8 Å². The number of carboxylic acids is 1. The van der Waals surface area contributed by atoms with Crippen molar-refractivity contribution in [1.82, 2.24) is 10.2 Å². The lowest BCUT2D eigenvalue weighted by molar-refractivity contribution is -0.143. The molecule has 1 aromatic carbocycles. The van der Waals surface area contributed by atoms with E-state index in [0.29, 0.717) is 31.0 Å². The summed E-state index contributed by atoms with van der Waals surface area (Å²) in [6.07, 6.45) is 0.715. The van der Waals surface area contributed by atoms with Crippen molar-refractivity contribution in [2.75, 3.05) is 27.3 Å². The van der Waals surface area contributed by atoms with Crippen LogP contribution in [0.4, 0.5) is 0 Å². The number of methoxy groups -OCH3 is 2. The van der Waals surface area contributed by atoms with Crippen molar-refractivity contribution >= 4 is 17.8 Å². The van der Waals surface area contributed by atoms with Gasteiger partial charge in [-0.1, -0.05) is 19.9 Å². The van der Waals surface area contributed by atoms with E-state index in [4.69, 9.17) is 9.47 Å². The van der Waals surface area contributed by atoms with E-state index in [-0.39, 0.29) is 24.2 Å². The molecule has 0 saturated carbocycles. The number of hydrogen-bond donors (Lipinski definition) is 2. The molecule has 1 saturated heterocycles. The highest BCUT2D eigenvalue weighted by Crippen LogP contribution is 2.28. The normalized spacial score (nSPS) is 17.5. The van der Waals surface area contributed by atoms with Gasteiger partial charge in [-0.3, -0.25) is 9.59 Å². The summed E-state index contributed by atoms with van der Waals surface area (Å²) in [5.41, 5.74) is 0.990. The van der Waals surface area contributed by atoms with Crippen molar-refractivity contribution < 1.29 is 29.0 Å². The van der Waals surface area contributed by atoms with E-state index >= 15 is 0 Å². The second kappa shape index (κ2) is 9.43. The van der Waals surface area contributed by atoms with Crippen molar-refractivity contribution in [2.45, 2.75) is 32.7 Å². The molecule has 2 rings (SSSR count). The summed E-state index contributed by atoms with van der Waals surface area (Å²) in [6, 6.07) is 4.63. The van der Waals surface area contributed by atoms with Crippen molar-refractivity contribution in [3.05, 3.63) is 23.8 Å². The lowest BCUT2D eigenvalue weighted by atomic mass is 10.0. The van der Waals surface area contributed by atoms with Crippen LogP contribution in [0.3, 0.4) is 0 Å². The van der Waals surface area contributed by atoms with Gasteiger partial charge in [0.15, 0.2) is 11.5 Å². The first kappa shape index (κ1) is 21.5. The van der Waals surface area contributed by atoms with Crippen LogP contribution >= 0.6 is 0 Å². The van der Waals surface area contributed by atoms with Crippen LogP contribution in [0.25, 0.3) is 0 Å². The molecule has 1 aliphatic rings. The molecular weight excluding hydrogens is 364 g/mol. The summed E-state index contributed by atoms with van der Waals surface area (Å²) in [4.78, 5) is 37.6. The van der Waals surface area contributed by atoms with E-state index in [1.54, 1.807) is 33.0 Å². The largest absolute Gasteiger partial charge is 0.493 e. The van der Waals surface area contributed by atoms with Crippen LogP contribution in [0, 0.1) is 11.8 Å². The van der Waals surface area contributed by atoms with Gasteiger partial charge in [-0.05, 0) is 30.0 Å². The Kier molecular flexibility index (Phi) is 7.25. The molecule has 8 nitrogen and oxygen atoms in total. The van der Waals surface area contributed by atoms with E-state index in [9.17, 15) is 19.5 Å². The fourth-order valence-corrected chi connectivity index (χ4v) is 3.25. The molecule has 1 heterocycles. The van der Waals surface area contributed by atoms with Gasteiger partial charge in [0, 0.05) is 19.5 Å². The number of rotatable bonds is 9. The molecule has 1 fully saturated rings. The van der Waals surface area contributed by atoms with Crippen molar-refractivity contribution in [1.29, 1.82) is 0 Å². The van der Waals surface area contributed by atoms with Gasteiger partial charge < -0.3 is 24.8 Å². The topological polar surface area (TPSA) is 105 Å². The zero-order valence-corrected chi connectivity index (χ0v) is 16.7. The number of benzene rings is 1. The molecule has 2 unspecified atom stereocenters. The minimum Gasteiger partial charge on any atom is -0.493 e. The van der Waals surface area contributed by atoms with Crippen LogP contribution in [-0.4, -0.2) is 61.1 Å². The molecule has 0 radical (unpaired) electrons. The third-order valence-electron chi connectivity index (χ3n) is 4.93. The zero-order chi connectivity index (χ0) is 20.8. The van der Waals surface area contributed by atoms with Gasteiger partial charge in [0.25, 0.3) is 0 Å². The minimum atomic E-state index is -1.07. The first-order valence-corrected chi connectivity index (χ1v) is 9.28. The SMILES string of the molecule is COc1ccc(CCN2CC(C(=O)NC(C(=O)O)C(C)C)CC2=O)cc1OC. The zero-order valence-electron chi connectivity index (χ0n) is 16.7. The Morgan fingerprint density at radius 2 is 1.93 bits per heavy atom. The molecule has 8 heteroatoms. The summed E-state index contributed by atoms with van der Waals surface area (Å²) in [7, 11) is 3.14. The highest BCUT2D eigenvalue weighted by molar-refractivity contribution is 5.91. The lowest BCUT2D eigenvalue weighted by Gasteiger charge is -2.20. The molecule has 0 aliphatic carbocycles. The molecule has 0 aromatic heterocycles. The van der Waals surface area contributed by atoms with Gasteiger partial charge in [-0.2, -0.15) is 0 Å². The van der Waals surface area contributed by atoms with Crippen molar-refractivity contribution in [3.8, 4) is 11.5 Å². The van der Waals surface area contributed by atoms with Crippen molar-refractivity contribution in [2.24, 2.45) is 11.8 Å². The average Bonchev–Trinajstić information content (AvgIpc) is 3.04. The number of likely N-dealkylation sites (tertiary alicyclic amines) is 1. The number of carbonyl (C=O) groups excluding carboxylic acids is 2. The van der Waals surface area contributed by atoms with E-state index < -0.39 is 17.9 Å². The van der Waals surface area contributed by atoms with E-state index in [2.05, 4.69) is 5.32 Å². The molecule has 1 aliphatic heterocycles. The summed E-state index contributed by atoms with van der Waals surface area (Å²) in [6.45, 7) is 4.23. The van der Waals surface area contributed by atoms with Gasteiger partial charge in [0.1, 0.15) is 6.04 Å². The maximum atomic E-state index is 12.4. The molecule has 28 heavy (non-hydrogen) atoms. The second-order valence-electron chi connectivity index (χ2n) is 7.25. The highest BCUT2D eigenvalue weighted by atomic mass is 16.5. The summed E-state index contributed by atoms with van der Waals surface area (Å²) < 4.78 is 10.5. The fourth-order valence-electron chi connectivity index (χ4n) is 3.25. The summed E-state index contributed by atoms with van der Waals surface area (Å²) in [5, 5.41) is 11.8. The maximum Gasteiger partial charge on any atom is 0.326 e. The summed E-state index contributed by atoms with van der Waals surface area (Å²) in [5.74, 6) is -1.06. The van der Waals surface area contributed by atoms with Crippen LogP contribution in [-0.2, 0) is 20.8 Å². The Morgan fingerprint density at radius 1 is 1.25 bits per heavy atom. The van der Waals surface area contributed by atoms with Crippen LogP contribution < -0.4 is 14.8 Å². The smallest absolute Gasteiger partial charge is 0.326 e. The Bertz CT molecular complexity index is 733. The number of carboxylic acid groups (broad SMARTS) is 1. The minimum absolute atomic E-state index is 0.0994. The Hall–Kier alpha value is -2.77.